The number of carbonyl (C=O) groups excluding carboxylic acids is 1. The second-order valence-corrected chi connectivity index (χ2v) is 4.23. The molecule has 94 valence electrons. The Morgan fingerprint density at radius 2 is 2.17 bits per heavy atom. The highest BCUT2D eigenvalue weighted by Gasteiger charge is 2.10. The Bertz CT molecular complexity index is 566. The Labute approximate surface area is 106 Å². The molecule has 1 heterocycles. The third-order valence-corrected chi connectivity index (χ3v) is 2.77. The number of rotatable bonds is 4. The number of hydrogen-bond donors (Lipinski definition) is 2. The van der Waals surface area contributed by atoms with E-state index in [9.17, 15) is 4.79 Å². The van der Waals surface area contributed by atoms with E-state index in [0.29, 0.717) is 18.7 Å². The Hall–Kier alpha value is -1.94. The van der Waals surface area contributed by atoms with Crippen molar-refractivity contribution in [2.24, 2.45) is 5.73 Å². The first kappa shape index (κ1) is 12.5. The highest BCUT2D eigenvalue weighted by atomic mass is 16.1. The fraction of sp³-hybridized carbons (Fsp3) is 0.286. The molecule has 0 atom stereocenters. The van der Waals surface area contributed by atoms with E-state index in [1.165, 1.54) is 0 Å². The van der Waals surface area contributed by atoms with Gasteiger partial charge in [-0.05, 0) is 32.0 Å². The monoisotopic (exact) mass is 243 g/mol. The lowest BCUT2D eigenvalue weighted by Crippen LogP contribution is -2.26. The minimum atomic E-state index is -0.0906. The van der Waals surface area contributed by atoms with Crippen LogP contribution >= 0.6 is 0 Å². The zero-order valence-electron chi connectivity index (χ0n) is 10.4. The largest absolute Gasteiger partial charge is 0.352 e. The van der Waals surface area contributed by atoms with Crippen LogP contribution in [-0.4, -0.2) is 24.0 Å². The van der Waals surface area contributed by atoms with Crippen LogP contribution in [0.4, 0.5) is 0 Å². The zero-order chi connectivity index (χ0) is 13.0. The number of hydrogen-bond acceptors (Lipinski definition) is 3. The van der Waals surface area contributed by atoms with Crippen molar-refractivity contribution in [3.05, 3.63) is 41.6 Å². The first-order chi connectivity index (χ1) is 8.72. The molecule has 0 saturated carbocycles. The van der Waals surface area contributed by atoms with E-state index in [0.717, 1.165) is 23.0 Å². The van der Waals surface area contributed by atoms with Gasteiger partial charge in [0.25, 0.3) is 5.91 Å². The first-order valence-electron chi connectivity index (χ1n) is 6.07. The van der Waals surface area contributed by atoms with Crippen LogP contribution in [0.3, 0.4) is 0 Å². The number of fused-ring (bicyclic) bond motifs is 1. The minimum Gasteiger partial charge on any atom is -0.352 e. The second kappa shape index (κ2) is 5.60. The molecule has 1 aromatic heterocycles. The number of amides is 1. The van der Waals surface area contributed by atoms with Crippen LogP contribution < -0.4 is 11.1 Å². The van der Waals surface area contributed by atoms with E-state index in [4.69, 9.17) is 5.73 Å². The third kappa shape index (κ3) is 2.65. The summed E-state index contributed by atoms with van der Waals surface area (Å²) in [7, 11) is 0. The van der Waals surface area contributed by atoms with Gasteiger partial charge >= 0.3 is 0 Å². The van der Waals surface area contributed by atoms with Gasteiger partial charge in [-0.1, -0.05) is 18.2 Å². The maximum atomic E-state index is 12.1. The van der Waals surface area contributed by atoms with Crippen molar-refractivity contribution < 1.29 is 4.79 Å². The van der Waals surface area contributed by atoms with Crippen molar-refractivity contribution in [1.29, 1.82) is 0 Å². The molecular formula is C14H17N3O. The Morgan fingerprint density at radius 3 is 2.94 bits per heavy atom. The summed E-state index contributed by atoms with van der Waals surface area (Å²) in [5.41, 5.74) is 7.68. The molecule has 0 aliphatic heterocycles. The number of carbonyl (C=O) groups is 1. The van der Waals surface area contributed by atoms with Crippen LogP contribution in [0.15, 0.2) is 30.3 Å². The molecular weight excluding hydrogens is 226 g/mol. The number of pyridine rings is 1. The molecule has 0 radical (unpaired) electrons. The average molecular weight is 243 g/mol. The summed E-state index contributed by atoms with van der Waals surface area (Å²) in [6.07, 6.45) is 0.781. The Kier molecular flexibility index (Phi) is 3.89. The van der Waals surface area contributed by atoms with E-state index in [1.54, 1.807) is 6.07 Å². The van der Waals surface area contributed by atoms with E-state index in [-0.39, 0.29) is 5.91 Å². The number of nitrogens with one attached hydrogen (secondary N) is 1. The van der Waals surface area contributed by atoms with E-state index >= 15 is 0 Å². The second-order valence-electron chi connectivity index (χ2n) is 4.23. The predicted molar refractivity (Wildman–Crippen MR) is 72.5 cm³/mol. The normalized spacial score (nSPS) is 10.6. The maximum Gasteiger partial charge on any atom is 0.253 e. The average Bonchev–Trinajstić information content (AvgIpc) is 2.38. The molecule has 2 aromatic rings. The summed E-state index contributed by atoms with van der Waals surface area (Å²) >= 11 is 0. The summed E-state index contributed by atoms with van der Waals surface area (Å²) < 4.78 is 0. The summed E-state index contributed by atoms with van der Waals surface area (Å²) in [4.78, 5) is 16.5. The molecule has 2 rings (SSSR count). The van der Waals surface area contributed by atoms with Gasteiger partial charge in [-0.25, -0.2) is 0 Å². The zero-order valence-corrected chi connectivity index (χ0v) is 10.4. The van der Waals surface area contributed by atoms with Gasteiger partial charge in [0.1, 0.15) is 0 Å². The molecule has 18 heavy (non-hydrogen) atoms. The molecule has 4 heteroatoms. The molecule has 0 spiro atoms. The minimum absolute atomic E-state index is 0.0906. The Morgan fingerprint density at radius 1 is 1.33 bits per heavy atom. The highest BCUT2D eigenvalue weighted by Crippen LogP contribution is 2.17. The van der Waals surface area contributed by atoms with Crippen LogP contribution in [0.5, 0.6) is 0 Å². The van der Waals surface area contributed by atoms with Crippen molar-refractivity contribution in [3.8, 4) is 0 Å². The van der Waals surface area contributed by atoms with Crippen LogP contribution in [0, 0.1) is 6.92 Å². The van der Waals surface area contributed by atoms with Gasteiger partial charge in [-0.3, -0.25) is 9.78 Å². The fourth-order valence-electron chi connectivity index (χ4n) is 1.83. The maximum absolute atomic E-state index is 12.1. The van der Waals surface area contributed by atoms with Gasteiger partial charge in [-0.15, -0.1) is 0 Å². The van der Waals surface area contributed by atoms with E-state index in [2.05, 4.69) is 10.3 Å². The molecule has 0 aliphatic carbocycles. The Balaban J connectivity index is 2.32. The standard InChI is InChI=1S/C14H17N3O/c1-10-6-7-11-4-2-5-12(13(11)17-10)14(18)16-9-3-8-15/h2,4-7H,3,8-9,15H2,1H3,(H,16,18). The summed E-state index contributed by atoms with van der Waals surface area (Å²) in [6, 6.07) is 9.55. The van der Waals surface area contributed by atoms with Crippen molar-refractivity contribution in [3.63, 3.8) is 0 Å². The molecule has 1 aromatic carbocycles. The SMILES string of the molecule is Cc1ccc2cccc(C(=O)NCCCN)c2n1. The molecule has 0 aliphatic rings. The summed E-state index contributed by atoms with van der Waals surface area (Å²) in [5.74, 6) is -0.0906. The van der Waals surface area contributed by atoms with Crippen molar-refractivity contribution >= 4 is 16.8 Å². The lowest BCUT2D eigenvalue weighted by molar-refractivity contribution is 0.0955. The quantitative estimate of drug-likeness (QED) is 0.802. The molecule has 4 nitrogen and oxygen atoms in total. The number of para-hydroxylation sites is 1. The lowest BCUT2D eigenvalue weighted by Gasteiger charge is -2.07. The number of nitrogens with two attached hydrogens (primary N) is 1. The molecule has 3 N–H and O–H groups in total. The van der Waals surface area contributed by atoms with Crippen LogP contribution in [-0.2, 0) is 0 Å². The molecule has 1 amide bonds. The number of aryl methyl sites for hydroxylation is 1. The van der Waals surface area contributed by atoms with E-state index in [1.807, 2.05) is 31.2 Å². The van der Waals surface area contributed by atoms with Crippen molar-refractivity contribution in [2.45, 2.75) is 13.3 Å². The van der Waals surface area contributed by atoms with Gasteiger partial charge in [0.2, 0.25) is 0 Å². The highest BCUT2D eigenvalue weighted by molar-refractivity contribution is 6.05. The van der Waals surface area contributed by atoms with Crippen molar-refractivity contribution in [1.82, 2.24) is 10.3 Å². The fourth-order valence-corrected chi connectivity index (χ4v) is 1.83. The predicted octanol–water partition coefficient (Wildman–Crippen LogP) is 1.62. The number of benzene rings is 1. The lowest BCUT2D eigenvalue weighted by atomic mass is 10.1. The summed E-state index contributed by atoms with van der Waals surface area (Å²) in [5, 5.41) is 3.83. The molecule has 0 fully saturated rings. The van der Waals surface area contributed by atoms with E-state index < -0.39 is 0 Å². The number of aromatic nitrogens is 1. The first-order valence-corrected chi connectivity index (χ1v) is 6.07. The van der Waals surface area contributed by atoms with Gasteiger partial charge in [-0.2, -0.15) is 0 Å². The number of nitrogens with zero attached hydrogens (tertiary/aromatic N) is 1. The molecule has 0 unspecified atom stereocenters. The third-order valence-electron chi connectivity index (χ3n) is 2.77. The summed E-state index contributed by atoms with van der Waals surface area (Å²) in [6.45, 7) is 3.09. The van der Waals surface area contributed by atoms with Gasteiger partial charge in [0.15, 0.2) is 0 Å². The van der Waals surface area contributed by atoms with Crippen molar-refractivity contribution in [2.75, 3.05) is 13.1 Å². The van der Waals surface area contributed by atoms with Gasteiger partial charge < -0.3 is 11.1 Å². The molecule has 0 saturated heterocycles. The van der Waals surface area contributed by atoms with Gasteiger partial charge in [0.05, 0.1) is 11.1 Å². The topological polar surface area (TPSA) is 68.0 Å². The smallest absolute Gasteiger partial charge is 0.253 e. The van der Waals surface area contributed by atoms with Crippen LogP contribution in [0.25, 0.3) is 10.9 Å². The van der Waals surface area contributed by atoms with Gasteiger partial charge in [0, 0.05) is 17.6 Å². The van der Waals surface area contributed by atoms with Crippen LogP contribution in [0.1, 0.15) is 22.5 Å². The molecule has 0 bridgehead atoms. The van der Waals surface area contributed by atoms with Crippen LogP contribution in [0.2, 0.25) is 0 Å².